The third-order valence-electron chi connectivity index (χ3n) is 3.00. The Bertz CT molecular complexity index is 575. The Kier molecular flexibility index (Phi) is 6.35. The molecule has 0 radical (unpaired) electrons. The van der Waals surface area contributed by atoms with Crippen molar-refractivity contribution in [1.29, 1.82) is 0 Å². The number of ether oxygens (including phenoxy) is 1. The van der Waals surface area contributed by atoms with Crippen molar-refractivity contribution in [2.24, 2.45) is 0 Å². The summed E-state index contributed by atoms with van der Waals surface area (Å²) in [5, 5.41) is 3.26. The number of benzene rings is 1. The van der Waals surface area contributed by atoms with Crippen LogP contribution in [0, 0.1) is 5.82 Å². The lowest BCUT2D eigenvalue weighted by molar-refractivity contribution is 0.199. The van der Waals surface area contributed by atoms with Crippen LogP contribution in [-0.2, 0) is 11.2 Å². The maximum atomic E-state index is 13.5. The number of oxazole rings is 1. The third kappa shape index (κ3) is 4.62. The summed E-state index contributed by atoms with van der Waals surface area (Å²) in [5.74, 6) is 0.922. The number of hydrogen-bond acceptors (Lipinski definition) is 4. The molecule has 0 saturated carbocycles. The van der Waals surface area contributed by atoms with Crippen LogP contribution in [0.25, 0.3) is 11.3 Å². The molecule has 0 atom stereocenters. The Balaban J connectivity index is 1.88. The number of halogens is 2. The summed E-state index contributed by atoms with van der Waals surface area (Å²) in [5.41, 5.74) is 0.673. The predicted molar refractivity (Wildman–Crippen MR) is 82.7 cm³/mol. The fraction of sp³-hybridized carbons (Fsp3) is 0.400. The van der Waals surface area contributed by atoms with Gasteiger partial charge in [0.05, 0.1) is 17.3 Å². The van der Waals surface area contributed by atoms with Gasteiger partial charge in [-0.25, -0.2) is 9.37 Å². The van der Waals surface area contributed by atoms with Gasteiger partial charge >= 0.3 is 0 Å². The third-order valence-corrected chi connectivity index (χ3v) is 3.80. The fourth-order valence-corrected chi connectivity index (χ4v) is 2.37. The standard InChI is InChI=1S/C15H18BrFN2O2/c1-20-9-8-18-7-3-6-14-19-10-13(21-14)11-4-2-5-12(17)15(11)16/h2,4-5,10,18H,3,6-9H2,1H3. The SMILES string of the molecule is COCCNCCCc1ncc(-c2cccc(F)c2Br)o1. The van der Waals surface area contributed by atoms with E-state index < -0.39 is 0 Å². The van der Waals surface area contributed by atoms with Crippen molar-refractivity contribution >= 4 is 15.9 Å². The molecule has 0 aliphatic carbocycles. The zero-order valence-electron chi connectivity index (χ0n) is 11.9. The molecule has 4 nitrogen and oxygen atoms in total. The highest BCUT2D eigenvalue weighted by molar-refractivity contribution is 9.10. The molecule has 1 heterocycles. The van der Waals surface area contributed by atoms with Crippen LogP contribution in [0.5, 0.6) is 0 Å². The van der Waals surface area contributed by atoms with Crippen molar-refractivity contribution in [2.75, 3.05) is 26.8 Å². The lowest BCUT2D eigenvalue weighted by Crippen LogP contribution is -2.20. The van der Waals surface area contributed by atoms with Crippen LogP contribution in [0.4, 0.5) is 4.39 Å². The van der Waals surface area contributed by atoms with Gasteiger partial charge in [-0.3, -0.25) is 0 Å². The second-order valence-corrected chi connectivity index (χ2v) is 5.36. The Hall–Kier alpha value is -1.24. The zero-order chi connectivity index (χ0) is 15.1. The van der Waals surface area contributed by atoms with Gasteiger partial charge in [0.15, 0.2) is 11.7 Å². The molecule has 1 N–H and O–H groups in total. The number of nitrogens with zero attached hydrogens (tertiary/aromatic N) is 1. The molecule has 6 heteroatoms. The number of rotatable bonds is 8. The average molecular weight is 357 g/mol. The maximum Gasteiger partial charge on any atom is 0.194 e. The minimum absolute atomic E-state index is 0.312. The van der Waals surface area contributed by atoms with Crippen LogP contribution in [0.15, 0.2) is 33.3 Å². The number of methoxy groups -OCH3 is 1. The first kappa shape index (κ1) is 16.1. The van der Waals surface area contributed by atoms with E-state index in [-0.39, 0.29) is 5.82 Å². The fourth-order valence-electron chi connectivity index (χ4n) is 1.91. The summed E-state index contributed by atoms with van der Waals surface area (Å²) in [6, 6.07) is 4.84. The van der Waals surface area contributed by atoms with E-state index >= 15 is 0 Å². The minimum atomic E-state index is -0.312. The molecule has 0 saturated heterocycles. The van der Waals surface area contributed by atoms with E-state index in [1.165, 1.54) is 6.07 Å². The smallest absolute Gasteiger partial charge is 0.194 e. The average Bonchev–Trinajstić information content (AvgIpc) is 2.94. The molecule has 2 aromatic rings. The summed E-state index contributed by atoms with van der Waals surface area (Å²) in [6.45, 7) is 2.42. The van der Waals surface area contributed by atoms with Gasteiger partial charge in [0.2, 0.25) is 0 Å². The highest BCUT2D eigenvalue weighted by Gasteiger charge is 2.12. The quantitative estimate of drug-likeness (QED) is 0.736. The van der Waals surface area contributed by atoms with Crippen molar-refractivity contribution in [3.05, 3.63) is 40.6 Å². The van der Waals surface area contributed by atoms with Gasteiger partial charge < -0.3 is 14.5 Å². The molecule has 1 aromatic carbocycles. The summed E-state index contributed by atoms with van der Waals surface area (Å²) in [4.78, 5) is 4.23. The summed E-state index contributed by atoms with van der Waals surface area (Å²) in [7, 11) is 1.68. The largest absolute Gasteiger partial charge is 0.441 e. The monoisotopic (exact) mass is 356 g/mol. The van der Waals surface area contributed by atoms with Gasteiger partial charge in [0.1, 0.15) is 5.82 Å². The van der Waals surface area contributed by atoms with E-state index in [0.29, 0.717) is 28.3 Å². The van der Waals surface area contributed by atoms with Crippen LogP contribution in [-0.4, -0.2) is 31.8 Å². The first-order valence-corrected chi connectivity index (χ1v) is 7.60. The van der Waals surface area contributed by atoms with Crippen LogP contribution >= 0.6 is 15.9 Å². The van der Waals surface area contributed by atoms with Gasteiger partial charge in [0, 0.05) is 25.6 Å². The van der Waals surface area contributed by atoms with E-state index in [0.717, 1.165) is 25.9 Å². The van der Waals surface area contributed by atoms with Crippen molar-refractivity contribution in [3.8, 4) is 11.3 Å². The molecule has 0 aliphatic heterocycles. The lowest BCUT2D eigenvalue weighted by Gasteiger charge is -2.02. The summed E-state index contributed by atoms with van der Waals surface area (Å²) < 4.78 is 24.5. The van der Waals surface area contributed by atoms with Crippen LogP contribution in [0.2, 0.25) is 0 Å². The van der Waals surface area contributed by atoms with Crippen LogP contribution < -0.4 is 5.32 Å². The minimum Gasteiger partial charge on any atom is -0.441 e. The second-order valence-electron chi connectivity index (χ2n) is 4.57. The number of aromatic nitrogens is 1. The van der Waals surface area contributed by atoms with Gasteiger partial charge in [-0.15, -0.1) is 0 Å². The van der Waals surface area contributed by atoms with E-state index in [1.54, 1.807) is 25.4 Å². The van der Waals surface area contributed by atoms with Crippen molar-refractivity contribution in [2.45, 2.75) is 12.8 Å². The number of nitrogens with one attached hydrogen (secondary N) is 1. The Morgan fingerprint density at radius 3 is 3.05 bits per heavy atom. The van der Waals surface area contributed by atoms with Crippen LogP contribution in [0.3, 0.4) is 0 Å². The lowest BCUT2D eigenvalue weighted by atomic mass is 10.2. The van der Waals surface area contributed by atoms with Gasteiger partial charge in [-0.1, -0.05) is 6.07 Å². The normalized spacial score (nSPS) is 11.0. The maximum absolute atomic E-state index is 13.5. The number of hydrogen-bond donors (Lipinski definition) is 1. The Morgan fingerprint density at radius 1 is 1.38 bits per heavy atom. The molecule has 0 aliphatic rings. The Labute approximate surface area is 131 Å². The molecule has 21 heavy (non-hydrogen) atoms. The van der Waals surface area contributed by atoms with E-state index in [2.05, 4.69) is 26.2 Å². The van der Waals surface area contributed by atoms with Gasteiger partial charge in [0.25, 0.3) is 0 Å². The highest BCUT2D eigenvalue weighted by atomic mass is 79.9. The molecule has 0 fully saturated rings. The first-order chi connectivity index (χ1) is 10.2. The molecule has 1 aromatic heterocycles. The second kappa shape index (κ2) is 8.26. The van der Waals surface area contributed by atoms with Crippen molar-refractivity contribution < 1.29 is 13.5 Å². The van der Waals surface area contributed by atoms with Gasteiger partial charge in [-0.05, 0) is 41.0 Å². The molecule has 0 unspecified atom stereocenters. The molecule has 0 spiro atoms. The summed E-state index contributed by atoms with van der Waals surface area (Å²) in [6.07, 6.45) is 3.30. The molecular weight excluding hydrogens is 339 g/mol. The molecule has 0 bridgehead atoms. The molecule has 2 rings (SSSR count). The topological polar surface area (TPSA) is 47.3 Å². The molecule has 114 valence electrons. The summed E-state index contributed by atoms with van der Waals surface area (Å²) >= 11 is 3.23. The van der Waals surface area contributed by atoms with Crippen LogP contribution in [0.1, 0.15) is 12.3 Å². The highest BCUT2D eigenvalue weighted by Crippen LogP contribution is 2.30. The zero-order valence-corrected chi connectivity index (χ0v) is 13.5. The molecule has 0 amide bonds. The predicted octanol–water partition coefficient (Wildman–Crippen LogP) is 3.41. The Morgan fingerprint density at radius 2 is 2.24 bits per heavy atom. The van der Waals surface area contributed by atoms with Crippen molar-refractivity contribution in [3.63, 3.8) is 0 Å². The molecular formula is C15H18BrFN2O2. The van der Waals surface area contributed by atoms with E-state index in [4.69, 9.17) is 9.15 Å². The first-order valence-electron chi connectivity index (χ1n) is 6.81. The van der Waals surface area contributed by atoms with Crippen molar-refractivity contribution in [1.82, 2.24) is 10.3 Å². The number of aryl methyl sites for hydroxylation is 1. The van der Waals surface area contributed by atoms with E-state index in [1.807, 2.05) is 0 Å². The van der Waals surface area contributed by atoms with E-state index in [9.17, 15) is 4.39 Å². The van der Waals surface area contributed by atoms with Gasteiger partial charge in [-0.2, -0.15) is 0 Å².